The molecule has 0 saturated carbocycles. The van der Waals surface area contributed by atoms with E-state index in [2.05, 4.69) is 34.6 Å². The van der Waals surface area contributed by atoms with E-state index in [9.17, 15) is 10.1 Å². The first-order chi connectivity index (χ1) is 11.7. The Morgan fingerprint density at radius 1 is 1.25 bits per heavy atom. The molecule has 0 bridgehead atoms. The number of nitriles is 1. The Morgan fingerprint density at radius 2 is 2.12 bits per heavy atom. The largest absolute Gasteiger partial charge is 0.294 e. The molecule has 0 spiro atoms. The number of ketones is 1. The molecule has 0 aromatic carbocycles. The van der Waals surface area contributed by atoms with Crippen molar-refractivity contribution in [2.24, 2.45) is 10.9 Å². The molecule has 2 aromatic rings. The van der Waals surface area contributed by atoms with Gasteiger partial charge in [-0.25, -0.2) is 0 Å². The highest BCUT2D eigenvalue weighted by Crippen LogP contribution is 2.46. The molecule has 0 N–H and O–H groups in total. The number of hydrogen-bond acceptors (Lipinski definition) is 5. The van der Waals surface area contributed by atoms with Crippen molar-refractivity contribution in [3.8, 4) is 15.8 Å². The molecule has 0 amide bonds. The minimum absolute atomic E-state index is 0.158. The van der Waals surface area contributed by atoms with Gasteiger partial charge in [-0.3, -0.25) is 9.79 Å². The van der Waals surface area contributed by atoms with E-state index < -0.39 is 0 Å². The van der Waals surface area contributed by atoms with E-state index in [-0.39, 0.29) is 17.6 Å². The van der Waals surface area contributed by atoms with E-state index >= 15 is 0 Å². The lowest BCUT2D eigenvalue weighted by molar-refractivity contribution is -0.116. The van der Waals surface area contributed by atoms with Gasteiger partial charge in [0.2, 0.25) is 0 Å². The number of nitrogens with zero attached hydrogens (tertiary/aromatic N) is 2. The van der Waals surface area contributed by atoms with Gasteiger partial charge in [0, 0.05) is 44.0 Å². The van der Waals surface area contributed by atoms with Gasteiger partial charge >= 0.3 is 0 Å². The van der Waals surface area contributed by atoms with Crippen LogP contribution in [0.4, 0.5) is 0 Å². The minimum atomic E-state index is -0.347. The number of carbonyl (C=O) groups excluding carboxylic acids is 1. The van der Waals surface area contributed by atoms with E-state index in [4.69, 9.17) is 0 Å². The first-order valence-corrected chi connectivity index (χ1v) is 9.73. The lowest BCUT2D eigenvalue weighted by atomic mass is 9.75. The third-order valence-corrected chi connectivity index (χ3v) is 6.90. The van der Waals surface area contributed by atoms with Crippen LogP contribution < -0.4 is 0 Å². The lowest BCUT2D eigenvalue weighted by Gasteiger charge is -2.31. The molecular weight excluding hydrogens is 336 g/mol. The Balaban J connectivity index is 1.82. The Kier molecular flexibility index (Phi) is 3.95. The molecule has 1 aliphatic carbocycles. The summed E-state index contributed by atoms with van der Waals surface area (Å²) in [5.41, 5.74) is 2.53. The van der Waals surface area contributed by atoms with Crippen LogP contribution in [-0.4, -0.2) is 11.5 Å². The van der Waals surface area contributed by atoms with Crippen molar-refractivity contribution in [2.75, 3.05) is 0 Å². The van der Waals surface area contributed by atoms with Gasteiger partial charge in [-0.15, -0.1) is 22.7 Å². The predicted octanol–water partition coefficient (Wildman–Crippen LogP) is 5.18. The summed E-state index contributed by atoms with van der Waals surface area (Å²) in [6, 6.07) is 10.7. The zero-order chi connectivity index (χ0) is 16.7. The molecule has 2 atom stereocenters. The summed E-state index contributed by atoms with van der Waals surface area (Å²) in [6.45, 7) is 1.91. The highest BCUT2D eigenvalue weighted by Gasteiger charge is 2.39. The van der Waals surface area contributed by atoms with Gasteiger partial charge < -0.3 is 0 Å². The molecule has 120 valence electrons. The SMILES string of the molecule is CC1=NC2=C(C(=O)CCC2)[C@@H](c2ccc(-c3cccs3)s2)C1C#N. The van der Waals surface area contributed by atoms with Gasteiger partial charge in [-0.1, -0.05) is 6.07 Å². The van der Waals surface area contributed by atoms with Crippen LogP contribution in [0.5, 0.6) is 0 Å². The van der Waals surface area contributed by atoms with Crippen LogP contribution in [0.1, 0.15) is 37.0 Å². The second-order valence-corrected chi connectivity index (χ2v) is 8.22. The summed E-state index contributed by atoms with van der Waals surface area (Å²) in [6.07, 6.45) is 2.28. The fourth-order valence-corrected chi connectivity index (χ4v) is 5.54. The molecule has 0 saturated heterocycles. The molecule has 5 heteroatoms. The van der Waals surface area contributed by atoms with Crippen molar-refractivity contribution < 1.29 is 4.79 Å². The molecule has 24 heavy (non-hydrogen) atoms. The molecular formula is C19H16N2OS2. The predicted molar refractivity (Wildman–Crippen MR) is 98.5 cm³/mol. The summed E-state index contributed by atoms with van der Waals surface area (Å²) < 4.78 is 0. The zero-order valence-corrected chi connectivity index (χ0v) is 14.9. The van der Waals surface area contributed by atoms with Gasteiger partial charge in [0.05, 0.1) is 12.0 Å². The normalized spacial score (nSPS) is 23.7. The number of aliphatic imine (C=N–C) groups is 1. The van der Waals surface area contributed by atoms with Crippen LogP contribution in [0.2, 0.25) is 0 Å². The first-order valence-electron chi connectivity index (χ1n) is 8.03. The van der Waals surface area contributed by atoms with Gasteiger partial charge in [0.25, 0.3) is 0 Å². The van der Waals surface area contributed by atoms with Crippen molar-refractivity contribution in [2.45, 2.75) is 32.1 Å². The van der Waals surface area contributed by atoms with Gasteiger partial charge in [-0.2, -0.15) is 5.26 Å². The summed E-state index contributed by atoms with van der Waals surface area (Å²) in [7, 11) is 0. The van der Waals surface area contributed by atoms with Crippen molar-refractivity contribution in [1.82, 2.24) is 0 Å². The maximum atomic E-state index is 12.6. The van der Waals surface area contributed by atoms with Crippen LogP contribution in [0.3, 0.4) is 0 Å². The summed E-state index contributed by atoms with van der Waals surface area (Å²) in [5, 5.41) is 11.8. The molecule has 2 aliphatic rings. The topological polar surface area (TPSA) is 53.2 Å². The number of hydrogen-bond donors (Lipinski definition) is 0. The Bertz CT molecular complexity index is 896. The second-order valence-electron chi connectivity index (χ2n) is 6.15. The Hall–Kier alpha value is -2.03. The third-order valence-electron chi connectivity index (χ3n) is 4.67. The van der Waals surface area contributed by atoms with Crippen LogP contribution in [-0.2, 0) is 4.79 Å². The number of thiophene rings is 2. The average Bonchev–Trinajstić information content (AvgIpc) is 3.25. The highest BCUT2D eigenvalue weighted by molar-refractivity contribution is 7.21. The number of carbonyl (C=O) groups is 1. The van der Waals surface area contributed by atoms with Crippen molar-refractivity contribution in [3.63, 3.8) is 0 Å². The molecule has 4 rings (SSSR count). The van der Waals surface area contributed by atoms with E-state index in [0.717, 1.165) is 34.7 Å². The van der Waals surface area contributed by atoms with Gasteiger partial charge in [0.15, 0.2) is 5.78 Å². The third kappa shape index (κ3) is 2.47. The van der Waals surface area contributed by atoms with Gasteiger partial charge in [-0.05, 0) is 43.3 Å². The van der Waals surface area contributed by atoms with Crippen LogP contribution >= 0.6 is 22.7 Å². The Labute approximate surface area is 149 Å². The molecule has 1 unspecified atom stereocenters. The molecule has 3 heterocycles. The number of rotatable bonds is 2. The molecule has 3 nitrogen and oxygen atoms in total. The van der Waals surface area contributed by atoms with Crippen LogP contribution in [0, 0.1) is 17.2 Å². The standard InChI is InChI=1S/C19H16N2OS2/c1-11-12(10-20)18(19-13(21-11)4-2-5-14(19)22)17-8-7-16(24-17)15-6-3-9-23-15/h3,6-9,12,18H,2,4-5H2,1H3/t12?,18-/m1/s1. The van der Waals surface area contributed by atoms with E-state index in [1.54, 1.807) is 22.7 Å². The average molecular weight is 352 g/mol. The summed E-state index contributed by atoms with van der Waals surface area (Å²) in [4.78, 5) is 20.7. The summed E-state index contributed by atoms with van der Waals surface area (Å²) in [5.74, 6) is -0.335. The highest BCUT2D eigenvalue weighted by atomic mass is 32.1. The molecule has 2 aromatic heterocycles. The molecule has 0 radical (unpaired) electrons. The zero-order valence-electron chi connectivity index (χ0n) is 13.3. The monoisotopic (exact) mass is 352 g/mol. The first kappa shape index (κ1) is 15.5. The van der Waals surface area contributed by atoms with Crippen LogP contribution in [0.15, 0.2) is 45.9 Å². The molecule has 0 fully saturated rings. The van der Waals surface area contributed by atoms with Gasteiger partial charge in [0.1, 0.15) is 0 Å². The minimum Gasteiger partial charge on any atom is -0.294 e. The van der Waals surface area contributed by atoms with E-state index in [0.29, 0.717) is 6.42 Å². The molecule has 1 aliphatic heterocycles. The summed E-state index contributed by atoms with van der Waals surface area (Å²) >= 11 is 3.40. The van der Waals surface area contributed by atoms with Crippen molar-refractivity contribution in [3.05, 3.63) is 45.8 Å². The second kappa shape index (κ2) is 6.12. The maximum absolute atomic E-state index is 12.6. The van der Waals surface area contributed by atoms with E-state index in [1.807, 2.05) is 13.0 Å². The number of allylic oxidation sites excluding steroid dienone is 2. The maximum Gasteiger partial charge on any atom is 0.161 e. The van der Waals surface area contributed by atoms with Crippen molar-refractivity contribution in [1.29, 1.82) is 5.26 Å². The van der Waals surface area contributed by atoms with Crippen molar-refractivity contribution >= 4 is 34.2 Å². The van der Waals surface area contributed by atoms with E-state index in [1.165, 1.54) is 9.75 Å². The fraction of sp³-hybridized carbons (Fsp3) is 0.316. The van der Waals surface area contributed by atoms with Crippen LogP contribution in [0.25, 0.3) is 9.75 Å². The quantitative estimate of drug-likeness (QED) is 0.747. The number of Topliss-reactive ketones (excluding diaryl/α,β-unsaturated/α-hetero) is 1. The fourth-order valence-electron chi connectivity index (χ4n) is 3.55. The lowest BCUT2D eigenvalue weighted by Crippen LogP contribution is -2.30. The Morgan fingerprint density at radius 3 is 2.88 bits per heavy atom. The smallest absolute Gasteiger partial charge is 0.161 e.